The van der Waals surface area contributed by atoms with Crippen molar-refractivity contribution in [2.45, 2.75) is 38.1 Å². The summed E-state index contributed by atoms with van der Waals surface area (Å²) < 4.78 is 6.63. The summed E-state index contributed by atoms with van der Waals surface area (Å²) in [6, 6.07) is 4.65. The van der Waals surface area contributed by atoms with E-state index in [-0.39, 0.29) is 0 Å². The number of nitrogens with one attached hydrogen (secondary N) is 1. The number of likely N-dealkylation sites (tertiary alicyclic amines) is 1. The van der Waals surface area contributed by atoms with Crippen LogP contribution in [0, 0.1) is 3.57 Å². The molecule has 0 saturated carbocycles. The first-order valence-corrected chi connectivity index (χ1v) is 11.0. The molecular weight excluding hydrogens is 453 g/mol. The van der Waals surface area contributed by atoms with Gasteiger partial charge in [-0.25, -0.2) is 4.98 Å². The van der Waals surface area contributed by atoms with Gasteiger partial charge in [0.1, 0.15) is 11.6 Å². The number of fused-ring (bicyclic) bond motifs is 1. The van der Waals surface area contributed by atoms with Crippen LogP contribution in [-0.4, -0.2) is 61.2 Å². The Labute approximate surface area is 174 Å². The Morgan fingerprint density at radius 1 is 1.07 bits per heavy atom. The average Bonchev–Trinajstić information content (AvgIpc) is 2.69. The van der Waals surface area contributed by atoms with Gasteiger partial charge in [-0.1, -0.05) is 0 Å². The predicted molar refractivity (Wildman–Crippen MR) is 119 cm³/mol. The van der Waals surface area contributed by atoms with Crippen molar-refractivity contribution < 1.29 is 4.74 Å². The molecule has 6 nitrogen and oxygen atoms in total. The summed E-state index contributed by atoms with van der Waals surface area (Å²) in [6.07, 6.45) is 6.03. The summed E-state index contributed by atoms with van der Waals surface area (Å²) in [6.45, 7) is 4.35. The SMILES string of the molecule is COc1cc2c(NC3CCN(C)CC3)nc(N3CCCCC3)nc2cc1I. The van der Waals surface area contributed by atoms with Crippen molar-refractivity contribution in [3.63, 3.8) is 0 Å². The second kappa shape index (κ2) is 8.34. The van der Waals surface area contributed by atoms with Gasteiger partial charge in [0, 0.05) is 24.5 Å². The lowest BCUT2D eigenvalue weighted by atomic mass is 10.1. The molecule has 0 unspecified atom stereocenters. The molecule has 3 heterocycles. The van der Waals surface area contributed by atoms with Crippen molar-refractivity contribution in [3.05, 3.63) is 15.7 Å². The van der Waals surface area contributed by atoms with Crippen molar-refractivity contribution in [3.8, 4) is 5.75 Å². The van der Waals surface area contributed by atoms with E-state index in [1.165, 1.54) is 19.3 Å². The zero-order valence-corrected chi connectivity index (χ0v) is 18.3. The largest absolute Gasteiger partial charge is 0.496 e. The summed E-state index contributed by atoms with van der Waals surface area (Å²) in [5, 5.41) is 4.78. The lowest BCUT2D eigenvalue weighted by Crippen LogP contribution is -2.37. The molecule has 2 aromatic rings. The van der Waals surface area contributed by atoms with E-state index < -0.39 is 0 Å². The van der Waals surface area contributed by atoms with E-state index in [9.17, 15) is 0 Å². The van der Waals surface area contributed by atoms with E-state index in [0.29, 0.717) is 6.04 Å². The van der Waals surface area contributed by atoms with Gasteiger partial charge in [-0.05, 0) is 87.0 Å². The second-order valence-corrected chi connectivity index (χ2v) is 8.81. The number of methoxy groups -OCH3 is 1. The minimum Gasteiger partial charge on any atom is -0.496 e. The standard InChI is InChI=1S/C20H28IN5O/c1-25-10-6-14(7-11-25)22-19-15-12-18(27-2)16(21)13-17(15)23-20(24-19)26-8-4-3-5-9-26/h12-14H,3-11H2,1-2H3,(H,22,23,24). The van der Waals surface area contributed by atoms with Crippen LogP contribution in [0.25, 0.3) is 10.9 Å². The first-order chi connectivity index (χ1) is 13.1. The van der Waals surface area contributed by atoms with Gasteiger partial charge in [0.15, 0.2) is 0 Å². The van der Waals surface area contributed by atoms with E-state index in [4.69, 9.17) is 14.7 Å². The van der Waals surface area contributed by atoms with Crippen molar-refractivity contribution >= 4 is 45.3 Å². The molecule has 0 amide bonds. The zero-order chi connectivity index (χ0) is 18.8. The smallest absolute Gasteiger partial charge is 0.227 e. The molecule has 1 N–H and O–H groups in total. The second-order valence-electron chi connectivity index (χ2n) is 7.65. The minimum atomic E-state index is 0.457. The van der Waals surface area contributed by atoms with Crippen molar-refractivity contribution in [1.82, 2.24) is 14.9 Å². The topological polar surface area (TPSA) is 53.5 Å². The van der Waals surface area contributed by atoms with Gasteiger partial charge < -0.3 is 19.9 Å². The Hall–Kier alpha value is -1.35. The van der Waals surface area contributed by atoms with Gasteiger partial charge in [0.2, 0.25) is 5.95 Å². The maximum Gasteiger partial charge on any atom is 0.227 e. The van der Waals surface area contributed by atoms with E-state index in [0.717, 1.165) is 71.0 Å². The van der Waals surface area contributed by atoms with Crippen molar-refractivity contribution in [1.29, 1.82) is 0 Å². The van der Waals surface area contributed by atoms with Gasteiger partial charge in [-0.15, -0.1) is 0 Å². The highest BCUT2D eigenvalue weighted by Gasteiger charge is 2.21. The Bertz CT molecular complexity index is 801. The lowest BCUT2D eigenvalue weighted by molar-refractivity contribution is 0.264. The number of hydrogen-bond donors (Lipinski definition) is 1. The average molecular weight is 481 g/mol. The van der Waals surface area contributed by atoms with Gasteiger partial charge in [-0.2, -0.15) is 4.98 Å². The number of piperidine rings is 2. The molecule has 7 heteroatoms. The van der Waals surface area contributed by atoms with Crippen LogP contribution in [0.2, 0.25) is 0 Å². The molecule has 4 rings (SSSR count). The fourth-order valence-electron chi connectivity index (χ4n) is 3.97. The van der Waals surface area contributed by atoms with Crippen LogP contribution in [0.15, 0.2) is 12.1 Å². The highest BCUT2D eigenvalue weighted by atomic mass is 127. The highest BCUT2D eigenvalue weighted by molar-refractivity contribution is 14.1. The molecule has 0 aliphatic carbocycles. The number of nitrogens with zero attached hydrogens (tertiary/aromatic N) is 4. The van der Waals surface area contributed by atoms with E-state index in [1.54, 1.807) is 7.11 Å². The molecule has 146 valence electrons. The lowest BCUT2D eigenvalue weighted by Gasteiger charge is -2.31. The first kappa shape index (κ1) is 19.0. The quantitative estimate of drug-likeness (QED) is 0.672. The molecule has 0 atom stereocenters. The third-order valence-corrected chi connectivity index (χ3v) is 6.50. The molecule has 1 aromatic heterocycles. The van der Waals surface area contributed by atoms with Crippen LogP contribution in [0.4, 0.5) is 11.8 Å². The maximum absolute atomic E-state index is 5.55. The molecular formula is C20H28IN5O. The summed E-state index contributed by atoms with van der Waals surface area (Å²) >= 11 is 2.32. The Balaban J connectivity index is 1.72. The third-order valence-electron chi connectivity index (χ3n) is 5.66. The number of rotatable bonds is 4. The van der Waals surface area contributed by atoms with Crippen LogP contribution in [0.1, 0.15) is 32.1 Å². The predicted octanol–water partition coefficient (Wildman–Crippen LogP) is 3.74. The summed E-state index contributed by atoms with van der Waals surface area (Å²) in [7, 11) is 3.91. The summed E-state index contributed by atoms with van der Waals surface area (Å²) in [5.74, 6) is 2.69. The van der Waals surface area contributed by atoms with Crippen LogP contribution < -0.4 is 15.0 Å². The minimum absolute atomic E-state index is 0.457. The molecule has 2 saturated heterocycles. The number of halogens is 1. The number of aromatic nitrogens is 2. The number of anilines is 2. The van der Waals surface area contributed by atoms with Crippen molar-refractivity contribution in [2.75, 3.05) is 50.6 Å². The fraction of sp³-hybridized carbons (Fsp3) is 0.600. The van der Waals surface area contributed by atoms with Crippen LogP contribution in [-0.2, 0) is 0 Å². The van der Waals surface area contributed by atoms with Crippen LogP contribution >= 0.6 is 22.6 Å². The Morgan fingerprint density at radius 2 is 1.81 bits per heavy atom. The monoisotopic (exact) mass is 481 g/mol. The molecule has 0 spiro atoms. The number of ether oxygens (including phenoxy) is 1. The zero-order valence-electron chi connectivity index (χ0n) is 16.2. The molecule has 0 bridgehead atoms. The van der Waals surface area contributed by atoms with Gasteiger partial charge in [-0.3, -0.25) is 0 Å². The van der Waals surface area contributed by atoms with Crippen molar-refractivity contribution in [2.24, 2.45) is 0 Å². The van der Waals surface area contributed by atoms with Crippen LogP contribution in [0.5, 0.6) is 5.75 Å². The van der Waals surface area contributed by atoms with Crippen LogP contribution in [0.3, 0.4) is 0 Å². The number of hydrogen-bond acceptors (Lipinski definition) is 6. The highest BCUT2D eigenvalue weighted by Crippen LogP contribution is 2.32. The summed E-state index contributed by atoms with van der Waals surface area (Å²) in [4.78, 5) is 14.6. The molecule has 2 aliphatic heterocycles. The molecule has 2 fully saturated rings. The van der Waals surface area contributed by atoms with Gasteiger partial charge >= 0.3 is 0 Å². The normalized spacial score (nSPS) is 19.4. The fourth-order valence-corrected chi connectivity index (χ4v) is 4.64. The van der Waals surface area contributed by atoms with E-state index in [2.05, 4.69) is 56.9 Å². The Morgan fingerprint density at radius 3 is 2.52 bits per heavy atom. The summed E-state index contributed by atoms with van der Waals surface area (Å²) in [5.41, 5.74) is 0.992. The van der Waals surface area contributed by atoms with Gasteiger partial charge in [0.25, 0.3) is 0 Å². The van der Waals surface area contributed by atoms with Gasteiger partial charge in [0.05, 0.1) is 16.2 Å². The molecule has 1 aromatic carbocycles. The van der Waals surface area contributed by atoms with E-state index >= 15 is 0 Å². The molecule has 0 radical (unpaired) electrons. The molecule has 27 heavy (non-hydrogen) atoms. The Kier molecular flexibility index (Phi) is 5.87. The molecule has 2 aliphatic rings. The third kappa shape index (κ3) is 4.23. The maximum atomic E-state index is 5.55. The number of benzene rings is 1. The van der Waals surface area contributed by atoms with E-state index in [1.807, 2.05) is 0 Å². The first-order valence-electron chi connectivity index (χ1n) is 9.89.